The van der Waals surface area contributed by atoms with E-state index in [1.807, 2.05) is 0 Å². The summed E-state index contributed by atoms with van der Waals surface area (Å²) in [6.45, 7) is 0.815. The van der Waals surface area contributed by atoms with Crippen molar-refractivity contribution >= 4 is 15.9 Å². The second kappa shape index (κ2) is 9.63. The molecule has 168 valence electrons. The highest BCUT2D eigenvalue weighted by Crippen LogP contribution is 2.19. The molecule has 2 saturated heterocycles. The Morgan fingerprint density at radius 1 is 1.10 bits per heavy atom. The fraction of sp³-hybridized carbons (Fsp3) is 0.632. The zero-order chi connectivity index (χ0) is 21.8. The lowest BCUT2D eigenvalue weighted by Crippen LogP contribution is -2.38. The van der Waals surface area contributed by atoms with E-state index in [1.165, 1.54) is 34.1 Å². The van der Waals surface area contributed by atoms with Crippen LogP contribution < -0.4 is 4.72 Å². The molecule has 2 fully saturated rings. The Balaban J connectivity index is 1.57. The number of amides is 1. The van der Waals surface area contributed by atoms with Gasteiger partial charge in [0, 0.05) is 44.9 Å². The minimum absolute atomic E-state index is 0.0456. The number of carbonyl (C=O) groups excluding carboxylic acids is 1. The second-order valence-electron chi connectivity index (χ2n) is 7.55. The van der Waals surface area contributed by atoms with Crippen LogP contribution in [-0.4, -0.2) is 82.3 Å². The fourth-order valence-electron chi connectivity index (χ4n) is 3.64. The average Bonchev–Trinajstić information content (AvgIpc) is 3.11. The minimum atomic E-state index is -4.27. The molecule has 0 bridgehead atoms. The number of nitrogens with zero attached hydrogens (tertiary/aromatic N) is 2. The first kappa shape index (κ1) is 23.0. The van der Waals surface area contributed by atoms with Crippen molar-refractivity contribution in [3.05, 3.63) is 29.8 Å². The maximum Gasteiger partial charge on any atom is 0.401 e. The molecular weight excluding hydrogens is 423 g/mol. The maximum absolute atomic E-state index is 12.7. The third-order valence-electron chi connectivity index (χ3n) is 5.22. The lowest BCUT2D eigenvalue weighted by atomic mass is 10.2. The third kappa shape index (κ3) is 6.40. The van der Waals surface area contributed by atoms with Gasteiger partial charge >= 0.3 is 6.18 Å². The molecule has 0 saturated carbocycles. The van der Waals surface area contributed by atoms with Crippen molar-refractivity contribution < 1.29 is 31.1 Å². The van der Waals surface area contributed by atoms with E-state index in [0.29, 0.717) is 25.1 Å². The Morgan fingerprint density at radius 2 is 1.83 bits per heavy atom. The SMILES string of the molecule is O=C(c1ccc(S(=O)(=O)NCC2CCCO2)cc1)N1CCCN(CC(F)(F)F)CC1. The summed E-state index contributed by atoms with van der Waals surface area (Å²) in [7, 11) is -3.71. The summed E-state index contributed by atoms with van der Waals surface area (Å²) >= 11 is 0. The van der Waals surface area contributed by atoms with Crippen LogP contribution in [0.2, 0.25) is 0 Å². The molecule has 7 nitrogen and oxygen atoms in total. The van der Waals surface area contributed by atoms with Crippen molar-refractivity contribution in [1.82, 2.24) is 14.5 Å². The number of rotatable bonds is 6. The molecule has 1 amide bonds. The van der Waals surface area contributed by atoms with E-state index in [-0.39, 0.29) is 43.1 Å². The molecule has 0 radical (unpaired) electrons. The summed E-state index contributed by atoms with van der Waals surface area (Å²) in [4.78, 5) is 15.6. The highest BCUT2D eigenvalue weighted by molar-refractivity contribution is 7.89. The standard InChI is InChI=1S/C19H26F3N3O4S/c20-19(21,22)14-24-8-2-9-25(11-10-24)18(26)15-4-6-17(7-5-15)30(27,28)23-13-16-3-1-12-29-16/h4-7,16,23H,1-3,8-14H2. The third-order valence-corrected chi connectivity index (χ3v) is 6.65. The van der Waals surface area contributed by atoms with Gasteiger partial charge in [-0.2, -0.15) is 13.2 Å². The van der Waals surface area contributed by atoms with Crippen molar-refractivity contribution in [3.8, 4) is 0 Å². The van der Waals surface area contributed by atoms with Crippen molar-refractivity contribution in [1.29, 1.82) is 0 Å². The predicted molar refractivity (Wildman–Crippen MR) is 104 cm³/mol. The number of sulfonamides is 1. The van der Waals surface area contributed by atoms with Crippen LogP contribution in [0.4, 0.5) is 13.2 Å². The zero-order valence-electron chi connectivity index (χ0n) is 16.5. The van der Waals surface area contributed by atoms with Crippen LogP contribution in [0.25, 0.3) is 0 Å². The summed E-state index contributed by atoms with van der Waals surface area (Å²) in [6, 6.07) is 5.58. The van der Waals surface area contributed by atoms with Crippen molar-refractivity contribution in [2.75, 3.05) is 45.9 Å². The van der Waals surface area contributed by atoms with Gasteiger partial charge in [0.1, 0.15) is 0 Å². The molecule has 3 rings (SSSR count). The van der Waals surface area contributed by atoms with Crippen LogP contribution in [0, 0.1) is 0 Å². The minimum Gasteiger partial charge on any atom is -0.377 e. The first-order valence-electron chi connectivity index (χ1n) is 9.94. The molecule has 1 aromatic rings. The molecule has 1 N–H and O–H groups in total. The molecule has 1 aromatic carbocycles. The normalized spacial score (nSPS) is 21.6. The Hall–Kier alpha value is -1.69. The number of hydrogen-bond donors (Lipinski definition) is 1. The lowest BCUT2D eigenvalue weighted by Gasteiger charge is -2.23. The van der Waals surface area contributed by atoms with Gasteiger partial charge in [-0.05, 0) is 43.5 Å². The largest absolute Gasteiger partial charge is 0.401 e. The van der Waals surface area contributed by atoms with Gasteiger partial charge in [0.2, 0.25) is 10.0 Å². The molecular formula is C19H26F3N3O4S. The van der Waals surface area contributed by atoms with Crippen LogP contribution in [0.5, 0.6) is 0 Å². The highest BCUT2D eigenvalue weighted by Gasteiger charge is 2.32. The summed E-state index contributed by atoms with van der Waals surface area (Å²) < 4.78 is 70.5. The van der Waals surface area contributed by atoms with E-state index >= 15 is 0 Å². The summed E-state index contributed by atoms with van der Waals surface area (Å²) in [6.07, 6.45) is -2.22. The zero-order valence-corrected chi connectivity index (χ0v) is 17.3. The number of ether oxygens (including phenoxy) is 1. The van der Waals surface area contributed by atoms with Gasteiger partial charge in [-0.25, -0.2) is 13.1 Å². The predicted octanol–water partition coefficient (Wildman–Crippen LogP) is 1.85. The molecule has 2 aliphatic rings. The van der Waals surface area contributed by atoms with Crippen molar-refractivity contribution in [2.45, 2.75) is 36.4 Å². The van der Waals surface area contributed by atoms with Gasteiger partial charge in [0.05, 0.1) is 17.5 Å². The Kier molecular flexibility index (Phi) is 7.38. The van der Waals surface area contributed by atoms with Gasteiger partial charge < -0.3 is 9.64 Å². The van der Waals surface area contributed by atoms with Crippen LogP contribution in [-0.2, 0) is 14.8 Å². The highest BCUT2D eigenvalue weighted by atomic mass is 32.2. The molecule has 30 heavy (non-hydrogen) atoms. The quantitative estimate of drug-likeness (QED) is 0.717. The second-order valence-corrected chi connectivity index (χ2v) is 9.32. The maximum atomic E-state index is 12.7. The number of halogens is 3. The smallest absolute Gasteiger partial charge is 0.377 e. The van der Waals surface area contributed by atoms with E-state index in [9.17, 15) is 26.4 Å². The molecule has 1 atom stereocenters. The number of nitrogens with one attached hydrogen (secondary N) is 1. The van der Waals surface area contributed by atoms with E-state index in [0.717, 1.165) is 12.8 Å². The fourth-order valence-corrected chi connectivity index (χ4v) is 4.70. The molecule has 1 unspecified atom stereocenters. The Bertz CT molecular complexity index is 824. The van der Waals surface area contributed by atoms with E-state index < -0.39 is 22.7 Å². The topological polar surface area (TPSA) is 78.9 Å². The van der Waals surface area contributed by atoms with Gasteiger partial charge in [-0.1, -0.05) is 0 Å². The van der Waals surface area contributed by atoms with Crippen LogP contribution in [0.3, 0.4) is 0 Å². The summed E-state index contributed by atoms with van der Waals surface area (Å²) in [5, 5.41) is 0. The van der Waals surface area contributed by atoms with Crippen LogP contribution in [0.1, 0.15) is 29.6 Å². The molecule has 0 spiro atoms. The van der Waals surface area contributed by atoms with Gasteiger partial charge in [0.25, 0.3) is 5.91 Å². The van der Waals surface area contributed by atoms with Crippen LogP contribution >= 0.6 is 0 Å². The Morgan fingerprint density at radius 3 is 2.47 bits per heavy atom. The van der Waals surface area contributed by atoms with Crippen molar-refractivity contribution in [3.63, 3.8) is 0 Å². The van der Waals surface area contributed by atoms with E-state index in [2.05, 4.69) is 4.72 Å². The number of benzene rings is 1. The molecule has 0 aromatic heterocycles. The monoisotopic (exact) mass is 449 g/mol. The number of carbonyl (C=O) groups is 1. The Labute approximate surface area is 174 Å². The average molecular weight is 449 g/mol. The summed E-state index contributed by atoms with van der Waals surface area (Å²) in [5.41, 5.74) is 0.303. The van der Waals surface area contributed by atoms with E-state index in [4.69, 9.17) is 4.74 Å². The first-order valence-corrected chi connectivity index (χ1v) is 11.4. The molecule has 11 heteroatoms. The van der Waals surface area contributed by atoms with Crippen molar-refractivity contribution in [2.24, 2.45) is 0 Å². The first-order chi connectivity index (χ1) is 14.1. The molecule has 2 aliphatic heterocycles. The molecule has 2 heterocycles. The van der Waals surface area contributed by atoms with Gasteiger partial charge in [-0.15, -0.1) is 0 Å². The summed E-state index contributed by atoms with van der Waals surface area (Å²) in [5.74, 6) is -0.319. The number of alkyl halides is 3. The van der Waals surface area contributed by atoms with Crippen LogP contribution in [0.15, 0.2) is 29.2 Å². The number of hydrogen-bond acceptors (Lipinski definition) is 5. The van der Waals surface area contributed by atoms with Gasteiger partial charge in [-0.3, -0.25) is 9.69 Å². The molecule has 0 aliphatic carbocycles. The lowest BCUT2D eigenvalue weighted by molar-refractivity contribution is -0.145. The van der Waals surface area contributed by atoms with E-state index in [1.54, 1.807) is 0 Å². The van der Waals surface area contributed by atoms with Gasteiger partial charge in [0.15, 0.2) is 0 Å².